The van der Waals surface area contributed by atoms with Crippen molar-refractivity contribution >= 4 is 5.69 Å². The molecule has 1 fully saturated rings. The van der Waals surface area contributed by atoms with E-state index in [-0.39, 0.29) is 0 Å². The Bertz CT molecular complexity index is 1010. The summed E-state index contributed by atoms with van der Waals surface area (Å²) in [5.74, 6) is 1.97. The van der Waals surface area contributed by atoms with Crippen LogP contribution in [0.2, 0.25) is 0 Å². The Morgan fingerprint density at radius 1 is 0.867 bits per heavy atom. The monoisotopic (exact) mass is 407 g/mol. The van der Waals surface area contributed by atoms with Crippen molar-refractivity contribution < 1.29 is 14.0 Å². The van der Waals surface area contributed by atoms with E-state index in [4.69, 9.17) is 14.0 Å². The molecule has 0 unspecified atom stereocenters. The van der Waals surface area contributed by atoms with E-state index in [1.54, 1.807) is 14.2 Å². The molecular weight excluding hydrogens is 382 g/mol. The predicted molar refractivity (Wildman–Crippen MR) is 114 cm³/mol. The van der Waals surface area contributed by atoms with Crippen LogP contribution >= 0.6 is 0 Å². The van der Waals surface area contributed by atoms with E-state index >= 15 is 0 Å². The molecule has 1 saturated heterocycles. The fourth-order valence-electron chi connectivity index (χ4n) is 3.24. The Morgan fingerprint density at radius 2 is 1.57 bits per heavy atom. The molecule has 0 saturated carbocycles. The molecule has 2 aromatic carbocycles. The molecule has 0 aliphatic carbocycles. The zero-order chi connectivity index (χ0) is 20.9. The maximum absolute atomic E-state index is 5.54. The first-order valence-corrected chi connectivity index (χ1v) is 9.81. The lowest BCUT2D eigenvalue weighted by Gasteiger charge is -2.29. The highest BCUT2D eigenvalue weighted by atomic mass is 16.5. The Balaban J connectivity index is 1.46. The molecule has 1 aliphatic heterocycles. The van der Waals surface area contributed by atoms with Gasteiger partial charge in [-0.05, 0) is 37.4 Å². The largest absolute Gasteiger partial charge is 0.493 e. The minimum Gasteiger partial charge on any atom is -0.493 e. The Labute approximate surface area is 175 Å². The van der Waals surface area contributed by atoms with Crippen molar-refractivity contribution in [1.82, 2.24) is 15.1 Å². The third-order valence-electron chi connectivity index (χ3n) is 5.11. The summed E-state index contributed by atoms with van der Waals surface area (Å²) in [6.07, 6.45) is 0. The van der Waals surface area contributed by atoms with Crippen LogP contribution in [0.15, 0.2) is 63.4 Å². The first-order valence-electron chi connectivity index (χ1n) is 9.81. The summed E-state index contributed by atoms with van der Waals surface area (Å²) in [7, 11) is 5.34. The third-order valence-corrected chi connectivity index (χ3v) is 5.11. The van der Waals surface area contributed by atoms with E-state index in [0.29, 0.717) is 17.3 Å². The predicted octanol–water partition coefficient (Wildman–Crippen LogP) is 4.27. The van der Waals surface area contributed by atoms with Gasteiger partial charge in [-0.25, -0.2) is 0 Å². The second kappa shape index (κ2) is 8.96. The van der Waals surface area contributed by atoms with Gasteiger partial charge in [0.05, 0.1) is 33.0 Å². The second-order valence-corrected chi connectivity index (χ2v) is 7.14. The number of likely N-dealkylation sites (N-methyl/N-ethyl adjacent to an activating group) is 1. The summed E-state index contributed by atoms with van der Waals surface area (Å²) in [5, 5.41) is 14.9. The molecule has 0 bridgehead atoms. The molecule has 0 amide bonds. The van der Waals surface area contributed by atoms with Gasteiger partial charge in [0.15, 0.2) is 17.3 Å². The molecule has 0 N–H and O–H groups in total. The molecular formula is C22H25N5O3. The van der Waals surface area contributed by atoms with Crippen molar-refractivity contribution in [2.75, 3.05) is 47.4 Å². The highest BCUT2D eigenvalue weighted by Gasteiger charge is 2.13. The number of benzene rings is 2. The highest BCUT2D eigenvalue weighted by molar-refractivity contribution is 5.69. The van der Waals surface area contributed by atoms with Crippen LogP contribution in [0.1, 0.15) is 0 Å². The molecule has 4 rings (SSSR count). The van der Waals surface area contributed by atoms with E-state index < -0.39 is 0 Å². The van der Waals surface area contributed by atoms with Gasteiger partial charge in [0, 0.05) is 30.3 Å². The van der Waals surface area contributed by atoms with Crippen molar-refractivity contribution in [3.63, 3.8) is 0 Å². The molecule has 156 valence electrons. The van der Waals surface area contributed by atoms with E-state index in [0.717, 1.165) is 48.7 Å². The quantitative estimate of drug-likeness (QED) is 0.568. The minimum atomic E-state index is 0.642. The number of hydrogen-bond acceptors (Lipinski definition) is 7. The second-order valence-electron chi connectivity index (χ2n) is 7.14. The summed E-state index contributed by atoms with van der Waals surface area (Å²) in [4.78, 5) is 2.29. The SMILES string of the molecule is COc1ccc(-c2cc(-c3ccc(N=NN4CCN(C)CC4)cc3)no2)cc1OC. The molecule has 8 heteroatoms. The summed E-state index contributed by atoms with van der Waals surface area (Å²) >= 11 is 0. The zero-order valence-electron chi connectivity index (χ0n) is 17.4. The number of ether oxygens (including phenoxy) is 2. The van der Waals surface area contributed by atoms with Crippen LogP contribution in [0.5, 0.6) is 11.5 Å². The fraction of sp³-hybridized carbons (Fsp3) is 0.318. The number of hydrogen-bond donors (Lipinski definition) is 0. The molecule has 8 nitrogen and oxygen atoms in total. The average molecular weight is 407 g/mol. The van der Waals surface area contributed by atoms with Gasteiger partial charge in [0.25, 0.3) is 0 Å². The lowest BCUT2D eigenvalue weighted by Crippen LogP contribution is -2.41. The molecule has 1 aliphatic rings. The number of methoxy groups -OCH3 is 2. The van der Waals surface area contributed by atoms with Gasteiger partial charge >= 0.3 is 0 Å². The molecule has 1 aromatic heterocycles. The van der Waals surface area contributed by atoms with E-state index in [1.165, 1.54) is 0 Å². The van der Waals surface area contributed by atoms with Crippen molar-refractivity contribution in [1.29, 1.82) is 0 Å². The number of nitrogens with zero attached hydrogens (tertiary/aromatic N) is 5. The fourth-order valence-corrected chi connectivity index (χ4v) is 3.24. The van der Waals surface area contributed by atoms with Crippen molar-refractivity contribution in [2.24, 2.45) is 10.3 Å². The normalized spacial score (nSPS) is 15.0. The van der Waals surface area contributed by atoms with Crippen molar-refractivity contribution in [2.45, 2.75) is 0 Å². The van der Waals surface area contributed by atoms with Crippen LogP contribution in [0.4, 0.5) is 5.69 Å². The van der Waals surface area contributed by atoms with E-state index in [1.807, 2.05) is 53.5 Å². The minimum absolute atomic E-state index is 0.642. The van der Waals surface area contributed by atoms with Crippen LogP contribution in [-0.4, -0.2) is 62.5 Å². The summed E-state index contributed by atoms with van der Waals surface area (Å²) in [6, 6.07) is 15.3. The smallest absolute Gasteiger partial charge is 0.167 e. The summed E-state index contributed by atoms with van der Waals surface area (Å²) in [6.45, 7) is 3.81. The van der Waals surface area contributed by atoms with Gasteiger partial charge in [-0.15, -0.1) is 5.11 Å². The van der Waals surface area contributed by atoms with Gasteiger partial charge in [-0.3, -0.25) is 5.01 Å². The Kier molecular flexibility index (Phi) is 5.94. The first kappa shape index (κ1) is 19.9. The number of rotatable bonds is 6. The molecule has 2 heterocycles. The van der Waals surface area contributed by atoms with Gasteiger partial charge in [-0.1, -0.05) is 22.5 Å². The van der Waals surface area contributed by atoms with Crippen LogP contribution < -0.4 is 9.47 Å². The van der Waals surface area contributed by atoms with Crippen LogP contribution in [-0.2, 0) is 0 Å². The molecule has 30 heavy (non-hydrogen) atoms. The van der Waals surface area contributed by atoms with Crippen LogP contribution in [0.3, 0.4) is 0 Å². The van der Waals surface area contributed by atoms with Crippen LogP contribution in [0, 0.1) is 0 Å². The number of piperazine rings is 1. The highest BCUT2D eigenvalue weighted by Crippen LogP contribution is 2.34. The third kappa shape index (κ3) is 4.44. The number of aromatic nitrogens is 1. The zero-order valence-corrected chi connectivity index (χ0v) is 17.4. The van der Waals surface area contributed by atoms with Gasteiger partial charge in [-0.2, -0.15) is 0 Å². The molecule has 0 spiro atoms. The van der Waals surface area contributed by atoms with Crippen molar-refractivity contribution in [3.05, 3.63) is 48.5 Å². The van der Waals surface area contributed by atoms with E-state index in [2.05, 4.69) is 27.4 Å². The first-order chi connectivity index (χ1) is 14.7. The molecule has 0 atom stereocenters. The molecule has 3 aromatic rings. The lowest BCUT2D eigenvalue weighted by atomic mass is 10.1. The maximum atomic E-state index is 5.54. The Hall–Kier alpha value is -3.39. The Morgan fingerprint density at radius 3 is 2.27 bits per heavy atom. The summed E-state index contributed by atoms with van der Waals surface area (Å²) < 4.78 is 16.2. The average Bonchev–Trinajstić information content (AvgIpc) is 3.29. The topological polar surface area (TPSA) is 75.7 Å². The van der Waals surface area contributed by atoms with Gasteiger partial charge < -0.3 is 18.9 Å². The van der Waals surface area contributed by atoms with Crippen LogP contribution in [0.25, 0.3) is 22.6 Å². The standard InChI is InChI=1S/C22H25N5O3/c1-26-10-12-27(13-11-26)25-23-18-7-4-16(5-8-18)19-15-21(30-24-19)17-6-9-20(28-2)22(14-17)29-3/h4-9,14-15H,10-13H2,1-3H3. The molecule has 0 radical (unpaired) electrons. The summed E-state index contributed by atoms with van der Waals surface area (Å²) in [5.41, 5.74) is 3.37. The maximum Gasteiger partial charge on any atom is 0.167 e. The van der Waals surface area contributed by atoms with Gasteiger partial charge in [0.1, 0.15) is 5.69 Å². The lowest BCUT2D eigenvalue weighted by molar-refractivity contribution is 0.150. The van der Waals surface area contributed by atoms with E-state index in [9.17, 15) is 0 Å². The van der Waals surface area contributed by atoms with Crippen molar-refractivity contribution in [3.8, 4) is 34.1 Å². The van der Waals surface area contributed by atoms with Gasteiger partial charge in [0.2, 0.25) is 0 Å².